The molecule has 1 aromatic rings. The van der Waals surface area contributed by atoms with Gasteiger partial charge in [-0.2, -0.15) is 0 Å². The van der Waals surface area contributed by atoms with Gasteiger partial charge in [0.2, 0.25) is 0 Å². The second-order valence-corrected chi connectivity index (χ2v) is 4.56. The summed E-state index contributed by atoms with van der Waals surface area (Å²) >= 11 is 0. The highest BCUT2D eigenvalue weighted by atomic mass is 16.5. The molecule has 5 heteroatoms. The lowest BCUT2D eigenvalue weighted by molar-refractivity contribution is 0.0698. The number of rotatable bonds is 7. The first-order valence-electron chi connectivity index (χ1n) is 6.11. The van der Waals surface area contributed by atoms with Gasteiger partial charge in [0.05, 0.1) is 17.9 Å². The molecular formula is C13H18N2O3. The predicted molar refractivity (Wildman–Crippen MR) is 69.8 cm³/mol. The van der Waals surface area contributed by atoms with E-state index in [2.05, 4.69) is 5.32 Å². The van der Waals surface area contributed by atoms with Crippen molar-refractivity contribution in [1.29, 1.82) is 0 Å². The third kappa shape index (κ3) is 3.63. The Hall–Kier alpha value is -1.75. The fourth-order valence-corrected chi connectivity index (χ4v) is 1.69. The second kappa shape index (κ2) is 5.73. The summed E-state index contributed by atoms with van der Waals surface area (Å²) in [4.78, 5) is 11.0. The molecule has 0 aromatic heterocycles. The minimum atomic E-state index is -0.962. The number of hydrogen-bond donors (Lipinski definition) is 3. The highest BCUT2D eigenvalue weighted by molar-refractivity contribution is 5.95. The van der Waals surface area contributed by atoms with Crippen LogP contribution in [0.25, 0.3) is 0 Å². The zero-order valence-electron chi connectivity index (χ0n) is 10.2. The minimum Gasteiger partial charge on any atom is -0.478 e. The van der Waals surface area contributed by atoms with Gasteiger partial charge in [-0.05, 0) is 37.0 Å². The van der Waals surface area contributed by atoms with Crippen molar-refractivity contribution < 1.29 is 14.6 Å². The molecule has 0 atom stereocenters. The van der Waals surface area contributed by atoms with Gasteiger partial charge in [-0.3, -0.25) is 0 Å². The highest BCUT2D eigenvalue weighted by Gasteiger charge is 2.20. The molecule has 0 unspecified atom stereocenters. The summed E-state index contributed by atoms with van der Waals surface area (Å²) in [6.07, 6.45) is 2.54. The summed E-state index contributed by atoms with van der Waals surface area (Å²) in [5.41, 5.74) is 6.95. The monoisotopic (exact) mass is 250 g/mol. The number of nitrogens with one attached hydrogen (secondary N) is 1. The molecule has 1 aliphatic carbocycles. The van der Waals surface area contributed by atoms with Gasteiger partial charge in [0, 0.05) is 18.8 Å². The summed E-state index contributed by atoms with van der Waals surface area (Å²) in [5, 5.41) is 12.1. The standard InChI is InChI=1S/C13H18N2O3/c14-10-3-4-11(13(16)17)12(7-10)15-5-6-18-8-9-1-2-9/h3-4,7,9,15H,1-2,5-6,8,14H2,(H,16,17). The van der Waals surface area contributed by atoms with Gasteiger partial charge in [-0.15, -0.1) is 0 Å². The van der Waals surface area contributed by atoms with Crippen LogP contribution >= 0.6 is 0 Å². The molecule has 1 aliphatic rings. The van der Waals surface area contributed by atoms with Crippen LogP contribution in [0.5, 0.6) is 0 Å². The molecule has 0 bridgehead atoms. The Morgan fingerprint density at radius 3 is 2.94 bits per heavy atom. The zero-order valence-corrected chi connectivity index (χ0v) is 10.2. The van der Waals surface area contributed by atoms with Gasteiger partial charge in [0.1, 0.15) is 0 Å². The van der Waals surface area contributed by atoms with E-state index in [-0.39, 0.29) is 5.56 Å². The smallest absolute Gasteiger partial charge is 0.337 e. The molecule has 5 nitrogen and oxygen atoms in total. The molecule has 0 spiro atoms. The third-order valence-electron chi connectivity index (χ3n) is 2.89. The van der Waals surface area contributed by atoms with Crippen molar-refractivity contribution in [2.45, 2.75) is 12.8 Å². The second-order valence-electron chi connectivity index (χ2n) is 4.56. The van der Waals surface area contributed by atoms with Crippen LogP contribution in [0.3, 0.4) is 0 Å². The maximum atomic E-state index is 11.0. The van der Waals surface area contributed by atoms with Crippen molar-refractivity contribution in [2.75, 3.05) is 30.8 Å². The Morgan fingerprint density at radius 2 is 2.28 bits per heavy atom. The zero-order chi connectivity index (χ0) is 13.0. The van der Waals surface area contributed by atoms with E-state index in [4.69, 9.17) is 15.6 Å². The van der Waals surface area contributed by atoms with Crippen molar-refractivity contribution in [3.8, 4) is 0 Å². The van der Waals surface area contributed by atoms with E-state index in [0.717, 1.165) is 12.5 Å². The van der Waals surface area contributed by atoms with Crippen LogP contribution < -0.4 is 11.1 Å². The number of carboxylic acid groups (broad SMARTS) is 1. The molecule has 0 saturated heterocycles. The van der Waals surface area contributed by atoms with Crippen LogP contribution in [0, 0.1) is 5.92 Å². The molecule has 2 rings (SSSR count). The number of ether oxygens (including phenoxy) is 1. The third-order valence-corrected chi connectivity index (χ3v) is 2.89. The van der Waals surface area contributed by atoms with Gasteiger partial charge < -0.3 is 20.9 Å². The normalized spacial score (nSPS) is 14.4. The molecule has 1 saturated carbocycles. The number of aromatic carboxylic acids is 1. The van der Waals surface area contributed by atoms with Crippen molar-refractivity contribution in [1.82, 2.24) is 0 Å². The van der Waals surface area contributed by atoms with Crippen molar-refractivity contribution >= 4 is 17.3 Å². The molecular weight excluding hydrogens is 232 g/mol. The predicted octanol–water partition coefficient (Wildman–Crippen LogP) is 1.81. The van der Waals surface area contributed by atoms with E-state index >= 15 is 0 Å². The van der Waals surface area contributed by atoms with Crippen LogP contribution in [0.15, 0.2) is 18.2 Å². The highest BCUT2D eigenvalue weighted by Crippen LogP contribution is 2.28. The van der Waals surface area contributed by atoms with Crippen LogP contribution in [-0.2, 0) is 4.74 Å². The number of nitrogens with two attached hydrogens (primary N) is 1. The average Bonchev–Trinajstić information content (AvgIpc) is 3.12. The van der Waals surface area contributed by atoms with Gasteiger partial charge in [0.25, 0.3) is 0 Å². The molecule has 0 heterocycles. The Kier molecular flexibility index (Phi) is 4.04. The van der Waals surface area contributed by atoms with E-state index in [9.17, 15) is 4.79 Å². The summed E-state index contributed by atoms with van der Waals surface area (Å²) < 4.78 is 5.47. The van der Waals surface area contributed by atoms with Gasteiger partial charge in [-0.25, -0.2) is 4.79 Å². The number of benzene rings is 1. The van der Waals surface area contributed by atoms with Crippen LogP contribution in [-0.4, -0.2) is 30.8 Å². The first-order valence-corrected chi connectivity index (χ1v) is 6.11. The minimum absolute atomic E-state index is 0.228. The van der Waals surface area contributed by atoms with E-state index < -0.39 is 5.97 Å². The topological polar surface area (TPSA) is 84.6 Å². The Bertz CT molecular complexity index is 430. The SMILES string of the molecule is Nc1ccc(C(=O)O)c(NCCOCC2CC2)c1. The summed E-state index contributed by atoms with van der Waals surface area (Å²) in [6, 6.07) is 4.72. The van der Waals surface area contributed by atoms with Crippen LogP contribution in [0.1, 0.15) is 23.2 Å². The summed E-state index contributed by atoms with van der Waals surface area (Å²) in [6.45, 7) is 1.96. The number of nitrogen functional groups attached to an aromatic ring is 1. The summed E-state index contributed by atoms with van der Waals surface area (Å²) in [7, 11) is 0. The molecule has 98 valence electrons. The fourth-order valence-electron chi connectivity index (χ4n) is 1.69. The van der Waals surface area contributed by atoms with Gasteiger partial charge in [-0.1, -0.05) is 0 Å². The maximum absolute atomic E-state index is 11.0. The molecule has 18 heavy (non-hydrogen) atoms. The molecule has 0 aliphatic heterocycles. The number of hydrogen-bond acceptors (Lipinski definition) is 4. The van der Waals surface area contributed by atoms with Crippen molar-refractivity contribution in [2.24, 2.45) is 5.92 Å². The lowest BCUT2D eigenvalue weighted by atomic mass is 10.1. The van der Waals surface area contributed by atoms with Gasteiger partial charge >= 0.3 is 5.97 Å². The van der Waals surface area contributed by atoms with Gasteiger partial charge in [0.15, 0.2) is 0 Å². The van der Waals surface area contributed by atoms with Crippen LogP contribution in [0.4, 0.5) is 11.4 Å². The first kappa shape index (κ1) is 12.7. The lowest BCUT2D eigenvalue weighted by Crippen LogP contribution is -2.13. The van der Waals surface area contributed by atoms with Crippen LogP contribution in [0.2, 0.25) is 0 Å². The van der Waals surface area contributed by atoms with Crippen molar-refractivity contribution in [3.63, 3.8) is 0 Å². The Morgan fingerprint density at radius 1 is 1.50 bits per heavy atom. The first-order chi connectivity index (χ1) is 8.66. The largest absolute Gasteiger partial charge is 0.478 e. The molecule has 1 fully saturated rings. The molecule has 1 aromatic carbocycles. The van der Waals surface area contributed by atoms with E-state index in [1.54, 1.807) is 12.1 Å². The quantitative estimate of drug-likeness (QED) is 0.507. The molecule has 0 radical (unpaired) electrons. The average molecular weight is 250 g/mol. The van der Waals surface area contributed by atoms with Crippen molar-refractivity contribution in [3.05, 3.63) is 23.8 Å². The maximum Gasteiger partial charge on any atom is 0.337 e. The lowest BCUT2D eigenvalue weighted by Gasteiger charge is -2.10. The summed E-state index contributed by atoms with van der Waals surface area (Å²) in [5.74, 6) is -0.219. The Balaban J connectivity index is 1.82. The number of carbonyl (C=O) groups is 1. The van der Waals surface area contributed by atoms with E-state index in [1.807, 2.05) is 0 Å². The molecule has 0 amide bonds. The van der Waals surface area contributed by atoms with E-state index in [1.165, 1.54) is 18.9 Å². The molecule has 4 N–H and O–H groups in total. The Labute approximate surface area is 106 Å². The number of anilines is 2. The fraction of sp³-hybridized carbons (Fsp3) is 0.462. The van der Waals surface area contributed by atoms with E-state index in [0.29, 0.717) is 24.5 Å². The number of carboxylic acids is 1.